The lowest BCUT2D eigenvalue weighted by molar-refractivity contribution is -0.138. The zero-order valence-electron chi connectivity index (χ0n) is 12.5. The first-order valence-electron chi connectivity index (χ1n) is 6.76. The van der Waals surface area contributed by atoms with Crippen molar-refractivity contribution in [2.75, 3.05) is 0 Å². The number of carbonyl (C=O) groups is 1. The lowest BCUT2D eigenvalue weighted by Gasteiger charge is -2.25. The molecule has 0 aliphatic carbocycles. The van der Waals surface area contributed by atoms with E-state index in [0.29, 0.717) is 0 Å². The maximum Gasteiger partial charge on any atom is 0.307 e. The number of hydrogen-bond acceptors (Lipinski definition) is 2. The van der Waals surface area contributed by atoms with Crippen LogP contribution in [0.1, 0.15) is 52.2 Å². The van der Waals surface area contributed by atoms with Gasteiger partial charge in [-0.1, -0.05) is 39.8 Å². The average Bonchev–Trinajstić information content (AvgIpc) is 2.26. The fraction of sp³-hybridized carbons (Fsp3) is 0.562. The van der Waals surface area contributed by atoms with Crippen LogP contribution in [0.25, 0.3) is 0 Å². The van der Waals surface area contributed by atoms with Crippen molar-refractivity contribution in [3.05, 3.63) is 29.3 Å². The van der Waals surface area contributed by atoms with Gasteiger partial charge >= 0.3 is 5.97 Å². The lowest BCUT2D eigenvalue weighted by atomic mass is 9.85. The van der Waals surface area contributed by atoms with E-state index in [2.05, 4.69) is 33.8 Å². The highest BCUT2D eigenvalue weighted by Crippen LogP contribution is 2.33. The molecule has 19 heavy (non-hydrogen) atoms. The predicted octanol–water partition coefficient (Wildman–Crippen LogP) is 3.79. The summed E-state index contributed by atoms with van der Waals surface area (Å²) in [6.45, 7) is 10.3. The van der Waals surface area contributed by atoms with Crippen molar-refractivity contribution >= 4 is 5.97 Å². The van der Waals surface area contributed by atoms with Gasteiger partial charge in [0.25, 0.3) is 0 Å². The molecule has 0 aromatic heterocycles. The smallest absolute Gasteiger partial charge is 0.307 e. The molecule has 0 saturated carbocycles. The predicted molar refractivity (Wildman–Crippen MR) is 76.9 cm³/mol. The summed E-state index contributed by atoms with van der Waals surface area (Å²) >= 11 is 0. The maximum atomic E-state index is 10.7. The quantitative estimate of drug-likeness (QED) is 0.880. The highest BCUT2D eigenvalue weighted by molar-refractivity contribution is 5.67. The second-order valence-corrected chi connectivity index (χ2v) is 5.96. The summed E-state index contributed by atoms with van der Waals surface area (Å²) in [5.41, 5.74) is 2.37. The number of rotatable bonds is 5. The van der Waals surface area contributed by atoms with E-state index in [0.717, 1.165) is 17.7 Å². The molecule has 1 aromatic rings. The van der Waals surface area contributed by atoms with Crippen molar-refractivity contribution < 1.29 is 14.6 Å². The number of carboxylic acids is 1. The van der Waals surface area contributed by atoms with Crippen LogP contribution in [0, 0.1) is 0 Å². The molecule has 0 bridgehead atoms. The van der Waals surface area contributed by atoms with Gasteiger partial charge in [0.1, 0.15) is 11.9 Å². The van der Waals surface area contributed by atoms with E-state index in [1.165, 1.54) is 5.56 Å². The Morgan fingerprint density at radius 2 is 2.00 bits per heavy atom. The highest BCUT2D eigenvalue weighted by Gasteiger charge is 2.21. The second-order valence-electron chi connectivity index (χ2n) is 5.96. The molecule has 1 aromatic carbocycles. The third kappa shape index (κ3) is 4.58. The molecular weight excluding hydrogens is 240 g/mol. The van der Waals surface area contributed by atoms with E-state index in [4.69, 9.17) is 9.84 Å². The average molecular weight is 264 g/mol. The van der Waals surface area contributed by atoms with E-state index in [1.54, 1.807) is 6.92 Å². The second kappa shape index (κ2) is 6.09. The number of carboxylic acid groups (broad SMARTS) is 1. The monoisotopic (exact) mass is 264 g/mol. The standard InChI is InChI=1S/C16H24O3/c1-6-12-7-8-14(13(10-12)16(3,4)5)19-11(2)9-15(17)18/h7-8,10-11H,6,9H2,1-5H3,(H,17,18)/t11-/m0/s1. The third-order valence-corrected chi connectivity index (χ3v) is 3.05. The molecule has 3 heteroatoms. The highest BCUT2D eigenvalue weighted by atomic mass is 16.5. The zero-order chi connectivity index (χ0) is 14.6. The number of benzene rings is 1. The van der Waals surface area contributed by atoms with Crippen LogP contribution >= 0.6 is 0 Å². The first kappa shape index (κ1) is 15.5. The summed E-state index contributed by atoms with van der Waals surface area (Å²) in [5, 5.41) is 8.79. The number of ether oxygens (including phenoxy) is 1. The Morgan fingerprint density at radius 3 is 2.47 bits per heavy atom. The van der Waals surface area contributed by atoms with E-state index in [1.807, 2.05) is 12.1 Å². The van der Waals surface area contributed by atoms with Gasteiger partial charge in [-0.15, -0.1) is 0 Å². The summed E-state index contributed by atoms with van der Waals surface area (Å²) in [5.74, 6) is -0.0477. The van der Waals surface area contributed by atoms with E-state index in [9.17, 15) is 4.79 Å². The van der Waals surface area contributed by atoms with Crippen LogP contribution < -0.4 is 4.74 Å². The number of aliphatic carboxylic acids is 1. The Morgan fingerprint density at radius 1 is 1.37 bits per heavy atom. The van der Waals surface area contributed by atoms with Gasteiger partial charge in [-0.3, -0.25) is 4.79 Å². The van der Waals surface area contributed by atoms with Gasteiger partial charge < -0.3 is 9.84 Å². The topological polar surface area (TPSA) is 46.5 Å². The van der Waals surface area contributed by atoms with Crippen LogP contribution in [-0.4, -0.2) is 17.2 Å². The van der Waals surface area contributed by atoms with Crippen molar-refractivity contribution in [1.82, 2.24) is 0 Å². The molecule has 1 atom stereocenters. The van der Waals surface area contributed by atoms with Crippen molar-refractivity contribution in [2.45, 2.75) is 59.0 Å². The van der Waals surface area contributed by atoms with E-state index < -0.39 is 5.97 Å². The molecule has 0 amide bonds. The molecule has 0 fully saturated rings. The van der Waals surface area contributed by atoms with Crippen molar-refractivity contribution in [2.24, 2.45) is 0 Å². The Balaban J connectivity index is 3.03. The van der Waals surface area contributed by atoms with Crippen LogP contribution in [-0.2, 0) is 16.6 Å². The fourth-order valence-electron chi connectivity index (χ4n) is 1.99. The van der Waals surface area contributed by atoms with Gasteiger partial charge in [0.05, 0.1) is 6.42 Å². The first-order valence-corrected chi connectivity index (χ1v) is 6.76. The van der Waals surface area contributed by atoms with Gasteiger partial charge in [-0.25, -0.2) is 0 Å². The molecule has 0 aliphatic rings. The summed E-state index contributed by atoms with van der Waals surface area (Å²) in [6, 6.07) is 6.15. The Bertz CT molecular complexity index is 444. The summed E-state index contributed by atoms with van der Waals surface area (Å²) in [4.78, 5) is 10.7. The van der Waals surface area contributed by atoms with Gasteiger partial charge in [0, 0.05) is 0 Å². The van der Waals surface area contributed by atoms with Crippen molar-refractivity contribution in [3.8, 4) is 5.75 Å². The zero-order valence-corrected chi connectivity index (χ0v) is 12.5. The summed E-state index contributed by atoms with van der Waals surface area (Å²) in [7, 11) is 0. The molecule has 0 saturated heterocycles. The van der Waals surface area contributed by atoms with Crippen LogP contribution in [0.3, 0.4) is 0 Å². The molecule has 0 heterocycles. The Labute approximate surface area is 115 Å². The van der Waals surface area contributed by atoms with Crippen LogP contribution in [0.15, 0.2) is 18.2 Å². The third-order valence-electron chi connectivity index (χ3n) is 3.05. The molecule has 0 aliphatic heterocycles. The maximum absolute atomic E-state index is 10.7. The lowest BCUT2D eigenvalue weighted by Crippen LogP contribution is -2.20. The molecule has 106 valence electrons. The summed E-state index contributed by atoms with van der Waals surface area (Å²) in [6.07, 6.45) is 0.665. The molecule has 0 spiro atoms. The van der Waals surface area contributed by atoms with Gasteiger partial charge in [-0.05, 0) is 36.0 Å². The molecule has 1 rings (SSSR count). The molecule has 3 nitrogen and oxygen atoms in total. The largest absolute Gasteiger partial charge is 0.490 e. The number of hydrogen-bond donors (Lipinski definition) is 1. The fourth-order valence-corrected chi connectivity index (χ4v) is 1.99. The van der Waals surface area contributed by atoms with E-state index in [-0.39, 0.29) is 17.9 Å². The van der Waals surface area contributed by atoms with Crippen LogP contribution in [0.2, 0.25) is 0 Å². The molecule has 1 N–H and O–H groups in total. The molecule has 0 radical (unpaired) electrons. The van der Waals surface area contributed by atoms with Crippen LogP contribution in [0.5, 0.6) is 5.75 Å². The normalized spacial score (nSPS) is 13.1. The SMILES string of the molecule is CCc1ccc(O[C@@H](C)CC(=O)O)c(C(C)(C)C)c1. The van der Waals surface area contributed by atoms with Crippen LogP contribution in [0.4, 0.5) is 0 Å². The van der Waals surface area contributed by atoms with Crippen molar-refractivity contribution in [3.63, 3.8) is 0 Å². The first-order chi connectivity index (χ1) is 8.74. The number of aryl methyl sites for hydroxylation is 1. The minimum absolute atomic E-state index is 0.0130. The van der Waals surface area contributed by atoms with Gasteiger partial charge in [0.15, 0.2) is 0 Å². The minimum atomic E-state index is -0.838. The Kier molecular flexibility index (Phi) is 4.98. The molecule has 0 unspecified atom stereocenters. The molecular formula is C16H24O3. The van der Waals surface area contributed by atoms with Crippen molar-refractivity contribution in [1.29, 1.82) is 0 Å². The van der Waals surface area contributed by atoms with Gasteiger partial charge in [-0.2, -0.15) is 0 Å². The summed E-state index contributed by atoms with van der Waals surface area (Å²) < 4.78 is 5.80. The van der Waals surface area contributed by atoms with E-state index >= 15 is 0 Å². The Hall–Kier alpha value is -1.51. The van der Waals surface area contributed by atoms with Gasteiger partial charge in [0.2, 0.25) is 0 Å². The minimum Gasteiger partial charge on any atom is -0.490 e.